The first-order valence-corrected chi connectivity index (χ1v) is 10.8. The zero-order valence-electron chi connectivity index (χ0n) is 18.1. The highest BCUT2D eigenvalue weighted by Crippen LogP contribution is 2.40. The fraction of sp³-hybridized carbons (Fsp3) is 0.143. The van der Waals surface area contributed by atoms with Crippen molar-refractivity contribution in [2.24, 2.45) is 0 Å². The molecule has 1 unspecified atom stereocenters. The Kier molecular flexibility index (Phi) is 7.25. The van der Waals surface area contributed by atoms with Gasteiger partial charge in [-0.15, -0.1) is 0 Å². The smallest absolute Gasteiger partial charge is 0.339 e. The molecule has 0 aliphatic rings. The molecule has 33 heavy (non-hydrogen) atoms. The Morgan fingerprint density at radius 2 is 1.27 bits per heavy atom. The van der Waals surface area contributed by atoms with Crippen LogP contribution < -0.4 is 0 Å². The number of ether oxygens (including phenoxy) is 2. The third kappa shape index (κ3) is 5.17. The van der Waals surface area contributed by atoms with Gasteiger partial charge in [0.25, 0.3) is 0 Å². The number of carbonyl (C=O) groups excluding carboxylic acids is 1. The number of esters is 1. The van der Waals surface area contributed by atoms with E-state index >= 15 is 0 Å². The Bertz CT molecular complexity index is 1040. The van der Waals surface area contributed by atoms with E-state index in [-0.39, 0.29) is 13.2 Å². The van der Waals surface area contributed by atoms with Crippen LogP contribution in [0.15, 0.2) is 116 Å². The summed E-state index contributed by atoms with van der Waals surface area (Å²) in [4.78, 5) is 16.1. The molecule has 0 fully saturated rings. The molecule has 1 heterocycles. The second-order valence-corrected chi connectivity index (χ2v) is 7.58. The second-order valence-electron chi connectivity index (χ2n) is 7.58. The Balaban J connectivity index is 1.60. The maximum absolute atomic E-state index is 12.2. The average molecular weight is 440 g/mol. The van der Waals surface area contributed by atoms with Gasteiger partial charge in [-0.1, -0.05) is 91.0 Å². The Morgan fingerprint density at radius 1 is 0.758 bits per heavy atom. The van der Waals surface area contributed by atoms with Gasteiger partial charge in [0.2, 0.25) is 0 Å². The van der Waals surface area contributed by atoms with Crippen molar-refractivity contribution in [3.05, 3.63) is 138 Å². The average Bonchev–Trinajstić information content (AvgIpc) is 2.90. The van der Waals surface area contributed by atoms with Gasteiger partial charge in [0, 0.05) is 12.4 Å². The normalized spacial score (nSPS) is 12.2. The van der Waals surface area contributed by atoms with E-state index in [4.69, 9.17) is 9.47 Å². The molecule has 5 nitrogen and oxygen atoms in total. The minimum absolute atomic E-state index is 0.0427. The second kappa shape index (κ2) is 10.7. The largest absolute Gasteiger partial charge is 0.459 e. The molecular weight excluding hydrogens is 414 g/mol. The molecule has 1 aromatic heterocycles. The Labute approximate surface area is 193 Å². The quantitative estimate of drug-likeness (QED) is 0.305. The lowest BCUT2D eigenvalue weighted by Crippen LogP contribution is -2.37. The van der Waals surface area contributed by atoms with Crippen molar-refractivity contribution in [1.29, 1.82) is 0 Å². The van der Waals surface area contributed by atoms with Crippen LogP contribution in [0.1, 0.15) is 27.0 Å². The van der Waals surface area contributed by atoms with Gasteiger partial charge in [-0.25, -0.2) is 4.79 Å². The van der Waals surface area contributed by atoms with E-state index in [1.807, 2.05) is 91.0 Å². The molecule has 0 saturated heterocycles. The molecule has 3 aromatic carbocycles. The number of aliphatic hydroxyl groups is 1. The van der Waals surface area contributed by atoms with Crippen molar-refractivity contribution in [2.45, 2.75) is 11.7 Å². The number of hydrogen-bond acceptors (Lipinski definition) is 5. The maximum Gasteiger partial charge on any atom is 0.339 e. The first-order valence-electron chi connectivity index (χ1n) is 10.8. The molecular formula is C28H25NO4. The van der Waals surface area contributed by atoms with E-state index in [1.165, 1.54) is 6.20 Å². The number of pyridine rings is 1. The predicted octanol–water partition coefficient (Wildman–Crippen LogP) is 4.61. The third-order valence-corrected chi connectivity index (χ3v) is 5.34. The molecule has 0 saturated carbocycles. The minimum atomic E-state index is -1.01. The molecule has 4 aromatic rings. The van der Waals surface area contributed by atoms with Crippen LogP contribution in [0.25, 0.3) is 0 Å². The van der Waals surface area contributed by atoms with Gasteiger partial charge in [0.05, 0.1) is 12.2 Å². The van der Waals surface area contributed by atoms with Crippen LogP contribution in [0.4, 0.5) is 0 Å². The lowest BCUT2D eigenvalue weighted by atomic mass is 9.80. The number of nitrogens with zero attached hydrogens (tertiary/aromatic N) is 1. The summed E-state index contributed by atoms with van der Waals surface area (Å²) in [5.74, 6) is -0.539. The van der Waals surface area contributed by atoms with Gasteiger partial charge in [-0.3, -0.25) is 4.98 Å². The van der Waals surface area contributed by atoms with Gasteiger partial charge in [-0.2, -0.15) is 0 Å². The number of rotatable bonds is 9. The van der Waals surface area contributed by atoms with Crippen molar-refractivity contribution >= 4 is 5.97 Å². The number of aromatic nitrogens is 1. The fourth-order valence-electron chi connectivity index (χ4n) is 3.78. The van der Waals surface area contributed by atoms with E-state index in [1.54, 1.807) is 18.3 Å². The van der Waals surface area contributed by atoms with Crippen LogP contribution in [-0.2, 0) is 15.1 Å². The number of benzene rings is 3. The number of aliphatic hydroxyl groups excluding tert-OH is 1. The third-order valence-electron chi connectivity index (χ3n) is 5.34. The van der Waals surface area contributed by atoms with Gasteiger partial charge in [0.1, 0.15) is 18.3 Å². The van der Waals surface area contributed by atoms with Gasteiger partial charge >= 0.3 is 5.97 Å². The maximum atomic E-state index is 12.2. The molecule has 166 valence electrons. The minimum Gasteiger partial charge on any atom is -0.459 e. The van der Waals surface area contributed by atoms with Crippen LogP contribution in [-0.4, -0.2) is 35.4 Å². The summed E-state index contributed by atoms with van der Waals surface area (Å²) in [5.41, 5.74) is 2.18. The summed E-state index contributed by atoms with van der Waals surface area (Å²) in [5, 5.41) is 10.6. The highest BCUT2D eigenvalue weighted by molar-refractivity contribution is 5.88. The summed E-state index contributed by atoms with van der Waals surface area (Å²) in [6, 6.07) is 33.0. The molecule has 0 aliphatic heterocycles. The van der Waals surface area contributed by atoms with Crippen LogP contribution in [0, 0.1) is 0 Å². The van der Waals surface area contributed by atoms with Crippen LogP contribution >= 0.6 is 0 Å². The van der Waals surface area contributed by atoms with E-state index in [9.17, 15) is 9.90 Å². The zero-order chi connectivity index (χ0) is 22.9. The summed E-state index contributed by atoms with van der Waals surface area (Å²) in [6.45, 7) is -0.235. The summed E-state index contributed by atoms with van der Waals surface area (Å²) < 4.78 is 11.8. The lowest BCUT2D eigenvalue weighted by molar-refractivity contribution is -0.0567. The molecule has 0 radical (unpaired) electrons. The molecule has 1 N–H and O–H groups in total. The first-order chi connectivity index (χ1) is 16.2. The van der Waals surface area contributed by atoms with Crippen molar-refractivity contribution in [2.75, 3.05) is 13.2 Å². The fourth-order valence-corrected chi connectivity index (χ4v) is 3.78. The van der Waals surface area contributed by atoms with Crippen LogP contribution in [0.5, 0.6) is 0 Å². The van der Waals surface area contributed by atoms with Crippen molar-refractivity contribution in [1.82, 2.24) is 4.98 Å². The molecule has 0 spiro atoms. The monoisotopic (exact) mass is 439 g/mol. The first kappa shape index (κ1) is 22.4. The Hall–Kier alpha value is -3.80. The predicted molar refractivity (Wildman–Crippen MR) is 126 cm³/mol. The van der Waals surface area contributed by atoms with Gasteiger partial charge in [0.15, 0.2) is 0 Å². The van der Waals surface area contributed by atoms with E-state index < -0.39 is 17.7 Å². The standard InChI is InChI=1S/C28H25NO4/c30-26(20-32-27(31)22-11-10-18-29-19-22)21-33-28(23-12-4-1-5-13-23,24-14-6-2-7-15-24)25-16-8-3-9-17-25/h1-19,26,30H,20-21H2. The van der Waals surface area contributed by atoms with Crippen LogP contribution in [0.3, 0.4) is 0 Å². The molecule has 0 aliphatic carbocycles. The van der Waals surface area contributed by atoms with E-state index in [2.05, 4.69) is 4.98 Å². The summed E-state index contributed by atoms with van der Waals surface area (Å²) >= 11 is 0. The summed E-state index contributed by atoms with van der Waals surface area (Å²) in [7, 11) is 0. The molecule has 0 amide bonds. The zero-order valence-corrected chi connectivity index (χ0v) is 18.1. The lowest BCUT2D eigenvalue weighted by Gasteiger charge is -2.36. The van der Waals surface area contributed by atoms with Gasteiger partial charge in [-0.05, 0) is 28.8 Å². The molecule has 5 heteroatoms. The summed E-state index contributed by atoms with van der Waals surface area (Å²) in [6.07, 6.45) is 1.99. The molecule has 0 bridgehead atoms. The van der Waals surface area contributed by atoms with Gasteiger partial charge < -0.3 is 14.6 Å². The molecule has 4 rings (SSSR count). The topological polar surface area (TPSA) is 68.7 Å². The van der Waals surface area contributed by atoms with Crippen molar-refractivity contribution in [3.63, 3.8) is 0 Å². The number of carbonyl (C=O) groups is 1. The Morgan fingerprint density at radius 3 is 1.73 bits per heavy atom. The van der Waals surface area contributed by atoms with Crippen LogP contribution in [0.2, 0.25) is 0 Å². The SMILES string of the molecule is O=C(OCC(O)COC(c1ccccc1)(c1ccccc1)c1ccccc1)c1cccnc1. The highest BCUT2D eigenvalue weighted by atomic mass is 16.6. The van der Waals surface area contributed by atoms with Crippen molar-refractivity contribution in [3.8, 4) is 0 Å². The highest BCUT2D eigenvalue weighted by Gasteiger charge is 2.38. The van der Waals surface area contributed by atoms with E-state index in [0.29, 0.717) is 5.56 Å². The molecule has 1 atom stereocenters. The number of hydrogen-bond donors (Lipinski definition) is 1. The van der Waals surface area contributed by atoms with Crippen molar-refractivity contribution < 1.29 is 19.4 Å². The van der Waals surface area contributed by atoms with E-state index in [0.717, 1.165) is 16.7 Å².